The van der Waals surface area contributed by atoms with Crippen LogP contribution in [0.25, 0.3) is 0 Å². The van der Waals surface area contributed by atoms with Crippen LogP contribution in [0.15, 0.2) is 34.6 Å². The van der Waals surface area contributed by atoms with Crippen molar-refractivity contribution in [1.29, 1.82) is 0 Å². The fourth-order valence-corrected chi connectivity index (χ4v) is 3.72. The van der Waals surface area contributed by atoms with E-state index < -0.39 is 0 Å². The maximum atomic E-state index is 6.14. The first kappa shape index (κ1) is 18.0. The first-order chi connectivity index (χ1) is 12.0. The molecule has 1 aliphatic carbocycles. The molecule has 3 rings (SSSR count). The van der Waals surface area contributed by atoms with E-state index in [0.717, 1.165) is 28.4 Å². The van der Waals surface area contributed by atoms with Gasteiger partial charge in [-0.25, -0.2) is 4.98 Å². The molecule has 0 radical (unpaired) electrons. The Morgan fingerprint density at radius 3 is 2.76 bits per heavy atom. The standard InChI is InChI=1S/C18H24ClN5S/c1-20-16(21-10-15-11-25-17(23-15)24(2)3)22-12-18(7-8-18)13-5-4-6-14(19)9-13/h4-6,9,11H,7-8,10,12H2,1-3H3,(H2,20,21,22). The summed E-state index contributed by atoms with van der Waals surface area (Å²) >= 11 is 7.79. The van der Waals surface area contributed by atoms with E-state index in [9.17, 15) is 0 Å². The smallest absolute Gasteiger partial charge is 0.191 e. The van der Waals surface area contributed by atoms with E-state index in [1.807, 2.05) is 31.1 Å². The maximum absolute atomic E-state index is 6.14. The fourth-order valence-electron chi connectivity index (χ4n) is 2.77. The fraction of sp³-hybridized carbons (Fsp3) is 0.444. The summed E-state index contributed by atoms with van der Waals surface area (Å²) < 4.78 is 0. The van der Waals surface area contributed by atoms with Crippen molar-refractivity contribution in [3.8, 4) is 0 Å². The molecule has 0 unspecified atom stereocenters. The zero-order chi connectivity index (χ0) is 17.9. The second-order valence-corrected chi connectivity index (χ2v) is 7.86. The molecule has 1 fully saturated rings. The lowest BCUT2D eigenvalue weighted by atomic mass is 9.96. The predicted molar refractivity (Wildman–Crippen MR) is 107 cm³/mol. The van der Waals surface area contributed by atoms with Gasteiger partial charge in [-0.1, -0.05) is 23.7 Å². The molecule has 7 heteroatoms. The van der Waals surface area contributed by atoms with Gasteiger partial charge in [0.2, 0.25) is 0 Å². The first-order valence-electron chi connectivity index (χ1n) is 8.35. The molecule has 1 heterocycles. The van der Waals surface area contributed by atoms with Gasteiger partial charge in [-0.3, -0.25) is 4.99 Å². The number of benzene rings is 1. The van der Waals surface area contributed by atoms with Gasteiger partial charge >= 0.3 is 0 Å². The number of hydrogen-bond donors (Lipinski definition) is 2. The van der Waals surface area contributed by atoms with E-state index in [-0.39, 0.29) is 5.41 Å². The highest BCUT2D eigenvalue weighted by Gasteiger charge is 2.44. The van der Waals surface area contributed by atoms with E-state index in [0.29, 0.717) is 6.54 Å². The number of hydrogen-bond acceptors (Lipinski definition) is 4. The molecule has 0 aliphatic heterocycles. The molecule has 0 amide bonds. The topological polar surface area (TPSA) is 52.6 Å². The Labute approximate surface area is 158 Å². The zero-order valence-electron chi connectivity index (χ0n) is 14.8. The largest absolute Gasteiger partial charge is 0.356 e. The molecular weight excluding hydrogens is 354 g/mol. The molecule has 5 nitrogen and oxygen atoms in total. The van der Waals surface area contributed by atoms with Crippen LogP contribution in [-0.2, 0) is 12.0 Å². The van der Waals surface area contributed by atoms with Crippen LogP contribution in [0.3, 0.4) is 0 Å². The number of aromatic nitrogens is 1. The number of nitrogens with one attached hydrogen (secondary N) is 2. The minimum absolute atomic E-state index is 0.182. The molecule has 2 N–H and O–H groups in total. The summed E-state index contributed by atoms with van der Waals surface area (Å²) in [6.07, 6.45) is 2.35. The average molecular weight is 378 g/mol. The quantitative estimate of drug-likeness (QED) is 0.599. The number of thiazole rings is 1. The Hall–Kier alpha value is -1.79. The normalized spacial score (nSPS) is 15.8. The van der Waals surface area contributed by atoms with Crippen molar-refractivity contribution in [3.63, 3.8) is 0 Å². The van der Waals surface area contributed by atoms with Gasteiger partial charge in [0.1, 0.15) is 0 Å². The third kappa shape index (κ3) is 4.44. The van der Waals surface area contributed by atoms with Crippen molar-refractivity contribution in [3.05, 3.63) is 45.9 Å². The minimum atomic E-state index is 0.182. The summed E-state index contributed by atoms with van der Waals surface area (Å²) in [4.78, 5) is 10.9. The summed E-state index contributed by atoms with van der Waals surface area (Å²) in [6, 6.07) is 8.18. The summed E-state index contributed by atoms with van der Waals surface area (Å²) in [5.74, 6) is 0.799. The average Bonchev–Trinajstić information content (AvgIpc) is 3.24. The Morgan fingerprint density at radius 1 is 1.36 bits per heavy atom. The molecule has 0 saturated heterocycles. The Kier molecular flexibility index (Phi) is 5.49. The molecule has 1 saturated carbocycles. The van der Waals surface area contributed by atoms with Gasteiger partial charge in [0.25, 0.3) is 0 Å². The number of anilines is 1. The van der Waals surface area contributed by atoms with Gasteiger partial charge in [0.15, 0.2) is 11.1 Å². The molecule has 0 atom stereocenters. The monoisotopic (exact) mass is 377 g/mol. The SMILES string of the molecule is CN=C(NCc1csc(N(C)C)n1)NCC1(c2cccc(Cl)c2)CC1. The van der Waals surface area contributed by atoms with E-state index in [2.05, 4.69) is 38.1 Å². The van der Waals surface area contributed by atoms with E-state index >= 15 is 0 Å². The van der Waals surface area contributed by atoms with Gasteiger partial charge in [-0.15, -0.1) is 11.3 Å². The summed E-state index contributed by atoms with van der Waals surface area (Å²) in [5.41, 5.74) is 2.51. The molecule has 25 heavy (non-hydrogen) atoms. The summed E-state index contributed by atoms with van der Waals surface area (Å²) in [6.45, 7) is 1.52. The van der Waals surface area contributed by atoms with Gasteiger partial charge in [-0.2, -0.15) is 0 Å². The van der Waals surface area contributed by atoms with Crippen molar-refractivity contribution < 1.29 is 0 Å². The molecule has 0 bridgehead atoms. The molecule has 0 spiro atoms. The van der Waals surface area contributed by atoms with E-state index in [1.165, 1.54) is 18.4 Å². The zero-order valence-corrected chi connectivity index (χ0v) is 16.4. The lowest BCUT2D eigenvalue weighted by Gasteiger charge is -2.19. The van der Waals surface area contributed by atoms with Crippen LogP contribution in [0.1, 0.15) is 24.1 Å². The second-order valence-electron chi connectivity index (χ2n) is 6.59. The Morgan fingerprint density at radius 2 is 2.16 bits per heavy atom. The predicted octanol–water partition coefficient (Wildman–Crippen LogP) is 3.26. The molecule has 134 valence electrons. The molecule has 1 aliphatic rings. The number of halogens is 1. The van der Waals surface area contributed by atoms with Crippen LogP contribution in [0.2, 0.25) is 5.02 Å². The lowest BCUT2D eigenvalue weighted by Crippen LogP contribution is -2.41. The number of rotatable bonds is 6. The Bertz CT molecular complexity index is 751. The maximum Gasteiger partial charge on any atom is 0.191 e. The highest BCUT2D eigenvalue weighted by molar-refractivity contribution is 7.13. The van der Waals surface area contributed by atoms with Crippen molar-refractivity contribution in [2.24, 2.45) is 4.99 Å². The Balaban J connectivity index is 1.54. The summed E-state index contributed by atoms with van der Waals surface area (Å²) in [7, 11) is 5.80. The molecule has 1 aromatic heterocycles. The highest BCUT2D eigenvalue weighted by atomic mass is 35.5. The third-order valence-electron chi connectivity index (χ3n) is 4.47. The van der Waals surface area contributed by atoms with Crippen molar-refractivity contribution in [1.82, 2.24) is 15.6 Å². The van der Waals surface area contributed by atoms with Crippen molar-refractivity contribution in [2.75, 3.05) is 32.6 Å². The first-order valence-corrected chi connectivity index (χ1v) is 9.60. The number of nitrogens with zero attached hydrogens (tertiary/aromatic N) is 3. The van der Waals surface area contributed by atoms with Gasteiger partial charge in [0.05, 0.1) is 12.2 Å². The van der Waals surface area contributed by atoms with Crippen LogP contribution in [0.4, 0.5) is 5.13 Å². The van der Waals surface area contributed by atoms with Crippen LogP contribution in [0.5, 0.6) is 0 Å². The van der Waals surface area contributed by atoms with Crippen LogP contribution >= 0.6 is 22.9 Å². The number of aliphatic imine (C=N–C) groups is 1. The lowest BCUT2D eigenvalue weighted by molar-refractivity contribution is 0.645. The second kappa shape index (κ2) is 7.62. The van der Waals surface area contributed by atoms with E-state index in [4.69, 9.17) is 11.6 Å². The molecule has 2 aromatic rings. The van der Waals surface area contributed by atoms with E-state index in [1.54, 1.807) is 18.4 Å². The third-order valence-corrected chi connectivity index (χ3v) is 5.76. The summed E-state index contributed by atoms with van der Waals surface area (Å²) in [5, 5.41) is 10.7. The minimum Gasteiger partial charge on any atom is -0.356 e. The highest BCUT2D eigenvalue weighted by Crippen LogP contribution is 2.48. The van der Waals surface area contributed by atoms with Crippen molar-refractivity contribution >= 4 is 34.0 Å². The van der Waals surface area contributed by atoms with Gasteiger partial charge in [0, 0.05) is 43.5 Å². The van der Waals surface area contributed by atoms with Gasteiger partial charge < -0.3 is 15.5 Å². The number of guanidine groups is 1. The van der Waals surface area contributed by atoms with Crippen molar-refractivity contribution in [2.45, 2.75) is 24.8 Å². The van der Waals surface area contributed by atoms with Crippen LogP contribution in [-0.4, -0.2) is 38.6 Å². The van der Waals surface area contributed by atoms with Gasteiger partial charge in [-0.05, 0) is 30.5 Å². The van der Waals surface area contributed by atoms with Crippen LogP contribution < -0.4 is 15.5 Å². The molecular formula is C18H24ClN5S. The van der Waals surface area contributed by atoms with Crippen LogP contribution in [0, 0.1) is 0 Å². The molecule has 1 aromatic carbocycles.